The van der Waals surface area contributed by atoms with Crippen LogP contribution in [-0.2, 0) is 4.84 Å². The van der Waals surface area contributed by atoms with E-state index in [1.54, 1.807) is 7.11 Å². The van der Waals surface area contributed by atoms with E-state index < -0.39 is 0 Å². The van der Waals surface area contributed by atoms with Gasteiger partial charge in [0.05, 0.1) is 7.11 Å². The first-order valence-electron chi connectivity index (χ1n) is 3.45. The molecule has 1 unspecified atom stereocenters. The van der Waals surface area contributed by atoms with Crippen molar-refractivity contribution >= 4 is 0 Å². The van der Waals surface area contributed by atoms with E-state index >= 15 is 0 Å². The van der Waals surface area contributed by atoms with E-state index in [4.69, 9.17) is 4.84 Å². The van der Waals surface area contributed by atoms with Crippen LogP contribution in [0.1, 0.15) is 12.8 Å². The van der Waals surface area contributed by atoms with Crippen LogP contribution in [0.15, 0.2) is 0 Å². The van der Waals surface area contributed by atoms with Crippen molar-refractivity contribution in [2.75, 3.05) is 20.2 Å². The Bertz CT molecular complexity index is 85.0. The van der Waals surface area contributed by atoms with Gasteiger partial charge in [-0.05, 0) is 25.7 Å². The van der Waals surface area contributed by atoms with Crippen molar-refractivity contribution in [2.45, 2.75) is 12.8 Å². The van der Waals surface area contributed by atoms with Crippen molar-refractivity contribution in [3.63, 3.8) is 0 Å². The molecular formula is C7H14NO. The van der Waals surface area contributed by atoms with Crippen molar-refractivity contribution in [3.8, 4) is 0 Å². The number of hydroxylamine groups is 2. The van der Waals surface area contributed by atoms with Crippen LogP contribution in [-0.4, -0.2) is 25.3 Å². The van der Waals surface area contributed by atoms with Crippen molar-refractivity contribution in [2.24, 2.45) is 5.92 Å². The molecule has 2 nitrogen and oxygen atoms in total. The minimum atomic E-state index is 0.568. The van der Waals surface area contributed by atoms with Crippen molar-refractivity contribution in [1.29, 1.82) is 0 Å². The van der Waals surface area contributed by atoms with Crippen LogP contribution in [0.2, 0.25) is 0 Å². The Balaban J connectivity index is 2.23. The molecule has 0 aliphatic carbocycles. The van der Waals surface area contributed by atoms with Crippen LogP contribution in [0.4, 0.5) is 0 Å². The van der Waals surface area contributed by atoms with E-state index in [1.165, 1.54) is 12.8 Å². The Morgan fingerprint density at radius 2 is 2.44 bits per heavy atom. The summed E-state index contributed by atoms with van der Waals surface area (Å²) in [7, 11) is 1.72. The Morgan fingerprint density at radius 1 is 1.67 bits per heavy atom. The molecule has 1 aliphatic heterocycles. The summed E-state index contributed by atoms with van der Waals surface area (Å²) < 4.78 is 0. The molecule has 0 N–H and O–H groups in total. The molecule has 9 heavy (non-hydrogen) atoms. The largest absolute Gasteiger partial charge is 0.302 e. The van der Waals surface area contributed by atoms with Gasteiger partial charge in [-0.3, -0.25) is 0 Å². The van der Waals surface area contributed by atoms with Crippen molar-refractivity contribution < 1.29 is 4.84 Å². The third-order valence-corrected chi connectivity index (χ3v) is 1.74. The zero-order valence-electron chi connectivity index (χ0n) is 5.97. The first-order chi connectivity index (χ1) is 4.33. The molecule has 0 spiro atoms. The van der Waals surface area contributed by atoms with Crippen LogP contribution >= 0.6 is 0 Å². The fourth-order valence-electron chi connectivity index (χ4n) is 1.19. The maximum absolute atomic E-state index is 5.05. The summed E-state index contributed by atoms with van der Waals surface area (Å²) in [6, 6.07) is 0. The predicted octanol–water partition coefficient (Wildman–Crippen LogP) is 1.09. The predicted molar refractivity (Wildman–Crippen MR) is 36.7 cm³/mol. The zero-order valence-corrected chi connectivity index (χ0v) is 5.97. The molecule has 0 amide bonds. The summed E-state index contributed by atoms with van der Waals surface area (Å²) >= 11 is 0. The van der Waals surface area contributed by atoms with Crippen LogP contribution < -0.4 is 0 Å². The fraction of sp³-hybridized carbons (Fsp3) is 0.857. The van der Waals surface area contributed by atoms with Crippen LogP contribution in [0.5, 0.6) is 0 Å². The topological polar surface area (TPSA) is 12.5 Å². The highest BCUT2D eigenvalue weighted by Gasteiger charge is 2.14. The summed E-state index contributed by atoms with van der Waals surface area (Å²) in [5.41, 5.74) is 0. The lowest BCUT2D eigenvalue weighted by atomic mass is 10.0. The second kappa shape index (κ2) is 3.18. The number of hydrogen-bond acceptors (Lipinski definition) is 2. The molecular weight excluding hydrogens is 114 g/mol. The summed E-state index contributed by atoms with van der Waals surface area (Å²) in [5, 5.41) is 1.97. The maximum Gasteiger partial charge on any atom is 0.0575 e. The first-order valence-corrected chi connectivity index (χ1v) is 3.45. The van der Waals surface area contributed by atoms with Gasteiger partial charge in [-0.1, -0.05) is 0 Å². The molecule has 1 heterocycles. The van der Waals surface area contributed by atoms with Gasteiger partial charge in [0, 0.05) is 13.1 Å². The van der Waals surface area contributed by atoms with Gasteiger partial charge in [-0.2, -0.15) is 5.06 Å². The van der Waals surface area contributed by atoms with Gasteiger partial charge < -0.3 is 4.84 Å². The molecule has 0 aromatic carbocycles. The quantitative estimate of drug-likeness (QED) is 0.524. The second-order valence-corrected chi connectivity index (χ2v) is 2.58. The standard InChI is InChI=1S/C7H14NO/c1-7-4-3-5-8(6-7)9-2/h7H,1,3-6H2,2H3. The first kappa shape index (κ1) is 7.03. The van der Waals surface area contributed by atoms with Crippen molar-refractivity contribution in [3.05, 3.63) is 6.92 Å². The maximum atomic E-state index is 5.05. The molecule has 0 bridgehead atoms. The lowest BCUT2D eigenvalue weighted by molar-refractivity contribution is -0.148. The van der Waals surface area contributed by atoms with E-state index in [-0.39, 0.29) is 0 Å². The fourth-order valence-corrected chi connectivity index (χ4v) is 1.19. The minimum absolute atomic E-state index is 0.568. The Morgan fingerprint density at radius 3 is 2.89 bits per heavy atom. The van der Waals surface area contributed by atoms with E-state index in [2.05, 4.69) is 6.92 Å². The van der Waals surface area contributed by atoms with Gasteiger partial charge in [-0.15, -0.1) is 0 Å². The normalized spacial score (nSPS) is 30.7. The molecule has 1 aliphatic rings. The molecule has 1 atom stereocenters. The van der Waals surface area contributed by atoms with Gasteiger partial charge in [0.25, 0.3) is 0 Å². The number of nitrogens with zero attached hydrogens (tertiary/aromatic N) is 1. The molecule has 1 radical (unpaired) electrons. The van der Waals surface area contributed by atoms with Gasteiger partial charge in [-0.25, -0.2) is 0 Å². The molecule has 0 saturated carbocycles. The molecule has 0 aromatic rings. The average molecular weight is 128 g/mol. The smallest absolute Gasteiger partial charge is 0.0575 e. The van der Waals surface area contributed by atoms with Gasteiger partial charge in [0.15, 0.2) is 0 Å². The highest BCUT2D eigenvalue weighted by Crippen LogP contribution is 2.14. The number of rotatable bonds is 1. The third-order valence-electron chi connectivity index (χ3n) is 1.74. The number of hydrogen-bond donors (Lipinski definition) is 0. The lowest BCUT2D eigenvalue weighted by Crippen LogP contribution is -2.33. The van der Waals surface area contributed by atoms with Gasteiger partial charge in [0.2, 0.25) is 0 Å². The molecule has 53 valence electrons. The van der Waals surface area contributed by atoms with E-state index in [0.717, 1.165) is 13.1 Å². The van der Waals surface area contributed by atoms with E-state index in [1.807, 2.05) is 5.06 Å². The Kier molecular flexibility index (Phi) is 2.49. The van der Waals surface area contributed by atoms with E-state index in [0.29, 0.717) is 5.92 Å². The van der Waals surface area contributed by atoms with Crippen molar-refractivity contribution in [1.82, 2.24) is 5.06 Å². The Hall–Kier alpha value is -0.0800. The lowest BCUT2D eigenvalue weighted by Gasteiger charge is -2.28. The molecule has 1 fully saturated rings. The highest BCUT2D eigenvalue weighted by atomic mass is 16.7. The number of piperidine rings is 1. The SMILES string of the molecule is [CH2]C1CCCN(OC)C1. The van der Waals surface area contributed by atoms with Gasteiger partial charge >= 0.3 is 0 Å². The zero-order chi connectivity index (χ0) is 6.69. The van der Waals surface area contributed by atoms with Crippen LogP contribution in [0, 0.1) is 12.8 Å². The Labute approximate surface area is 56.8 Å². The second-order valence-electron chi connectivity index (χ2n) is 2.58. The average Bonchev–Trinajstić information content (AvgIpc) is 1.88. The molecule has 1 saturated heterocycles. The summed E-state index contributed by atoms with van der Waals surface area (Å²) in [6.07, 6.45) is 2.47. The molecule has 2 heteroatoms. The van der Waals surface area contributed by atoms with Gasteiger partial charge in [0.1, 0.15) is 0 Å². The summed E-state index contributed by atoms with van der Waals surface area (Å²) in [5.74, 6) is 0.568. The third kappa shape index (κ3) is 1.95. The summed E-state index contributed by atoms with van der Waals surface area (Å²) in [6.45, 7) is 6.04. The van der Waals surface area contributed by atoms with E-state index in [9.17, 15) is 0 Å². The van der Waals surface area contributed by atoms with Crippen LogP contribution in [0.3, 0.4) is 0 Å². The molecule has 0 aromatic heterocycles. The monoisotopic (exact) mass is 128 g/mol. The summed E-state index contributed by atoms with van der Waals surface area (Å²) in [4.78, 5) is 5.05. The highest BCUT2D eigenvalue weighted by molar-refractivity contribution is 4.69. The molecule has 1 rings (SSSR count). The minimum Gasteiger partial charge on any atom is -0.302 e. The van der Waals surface area contributed by atoms with Crippen LogP contribution in [0.25, 0.3) is 0 Å².